The SMILES string of the molecule is Nc1nc(NC2CC3CCC2C3)c2cn[nH]c2n1. The molecule has 0 spiro atoms. The van der Waals surface area contributed by atoms with Crippen molar-refractivity contribution >= 4 is 22.8 Å². The quantitative estimate of drug-likeness (QED) is 0.745. The molecule has 2 fully saturated rings. The molecule has 0 aliphatic heterocycles. The van der Waals surface area contributed by atoms with Gasteiger partial charge in [-0.15, -0.1) is 0 Å². The van der Waals surface area contributed by atoms with Crippen LogP contribution in [0.2, 0.25) is 0 Å². The van der Waals surface area contributed by atoms with Crippen LogP contribution in [0, 0.1) is 11.8 Å². The first kappa shape index (κ1) is 10.1. The molecule has 2 aliphatic rings. The number of aromatic amines is 1. The van der Waals surface area contributed by atoms with E-state index >= 15 is 0 Å². The van der Waals surface area contributed by atoms with Gasteiger partial charge in [-0.3, -0.25) is 5.10 Å². The van der Waals surface area contributed by atoms with Crippen molar-refractivity contribution in [2.45, 2.75) is 31.7 Å². The Labute approximate surface area is 104 Å². The highest BCUT2D eigenvalue weighted by Crippen LogP contribution is 2.45. The number of fused-ring (bicyclic) bond motifs is 3. The van der Waals surface area contributed by atoms with Crippen LogP contribution in [0.4, 0.5) is 11.8 Å². The summed E-state index contributed by atoms with van der Waals surface area (Å²) in [6.45, 7) is 0. The highest BCUT2D eigenvalue weighted by atomic mass is 15.2. The number of nitrogens with zero attached hydrogens (tertiary/aromatic N) is 3. The number of H-pyrrole nitrogens is 1. The van der Waals surface area contributed by atoms with Gasteiger partial charge in [0.15, 0.2) is 5.65 Å². The molecular formula is C12H16N6. The van der Waals surface area contributed by atoms with Gasteiger partial charge in [-0.2, -0.15) is 15.1 Å². The lowest BCUT2D eigenvalue weighted by Gasteiger charge is -2.23. The van der Waals surface area contributed by atoms with Gasteiger partial charge in [0, 0.05) is 6.04 Å². The maximum Gasteiger partial charge on any atom is 0.224 e. The molecule has 18 heavy (non-hydrogen) atoms. The summed E-state index contributed by atoms with van der Waals surface area (Å²) in [5, 5.41) is 11.3. The molecule has 2 bridgehead atoms. The van der Waals surface area contributed by atoms with Crippen molar-refractivity contribution in [1.29, 1.82) is 0 Å². The Morgan fingerprint density at radius 1 is 1.28 bits per heavy atom. The maximum absolute atomic E-state index is 5.72. The third-order valence-electron chi connectivity index (χ3n) is 4.39. The number of nitrogen functional groups attached to an aromatic ring is 1. The minimum atomic E-state index is 0.289. The van der Waals surface area contributed by atoms with Gasteiger partial charge in [-0.05, 0) is 31.1 Å². The van der Waals surface area contributed by atoms with Crippen molar-refractivity contribution in [3.8, 4) is 0 Å². The standard InChI is InChI=1S/C12H16N6/c13-12-16-10(8-5-14-18-11(8)17-12)15-9-4-6-1-2-7(9)3-6/h5-7,9H,1-4H2,(H4,13,14,15,16,17,18). The summed E-state index contributed by atoms with van der Waals surface area (Å²) in [4.78, 5) is 8.44. The lowest BCUT2D eigenvalue weighted by molar-refractivity contribution is 0.439. The molecule has 4 rings (SSSR count). The van der Waals surface area contributed by atoms with E-state index in [2.05, 4.69) is 25.5 Å². The molecule has 0 amide bonds. The van der Waals surface area contributed by atoms with E-state index in [0.717, 1.165) is 23.0 Å². The van der Waals surface area contributed by atoms with Crippen LogP contribution >= 0.6 is 0 Å². The predicted molar refractivity (Wildman–Crippen MR) is 69.0 cm³/mol. The molecule has 6 nitrogen and oxygen atoms in total. The fourth-order valence-electron chi connectivity index (χ4n) is 3.56. The first-order valence-electron chi connectivity index (χ1n) is 6.53. The van der Waals surface area contributed by atoms with Crippen molar-refractivity contribution < 1.29 is 0 Å². The van der Waals surface area contributed by atoms with Crippen LogP contribution in [0.5, 0.6) is 0 Å². The van der Waals surface area contributed by atoms with Crippen LogP contribution in [0.15, 0.2) is 6.20 Å². The molecule has 2 heterocycles. The van der Waals surface area contributed by atoms with Crippen LogP contribution in [0.1, 0.15) is 25.7 Å². The van der Waals surface area contributed by atoms with E-state index in [9.17, 15) is 0 Å². The van der Waals surface area contributed by atoms with Crippen LogP contribution < -0.4 is 11.1 Å². The second kappa shape index (κ2) is 3.57. The van der Waals surface area contributed by atoms with E-state index in [1.165, 1.54) is 25.7 Å². The fourth-order valence-corrected chi connectivity index (χ4v) is 3.56. The fraction of sp³-hybridized carbons (Fsp3) is 0.583. The minimum absolute atomic E-state index is 0.289. The molecule has 2 aromatic rings. The minimum Gasteiger partial charge on any atom is -0.368 e. The Kier molecular flexibility index (Phi) is 2.00. The number of hydrogen-bond donors (Lipinski definition) is 3. The first-order valence-corrected chi connectivity index (χ1v) is 6.53. The highest BCUT2D eigenvalue weighted by molar-refractivity contribution is 5.86. The summed E-state index contributed by atoms with van der Waals surface area (Å²) in [5.74, 6) is 2.82. The van der Waals surface area contributed by atoms with Crippen molar-refractivity contribution in [1.82, 2.24) is 20.2 Å². The monoisotopic (exact) mass is 244 g/mol. The lowest BCUT2D eigenvalue weighted by Crippen LogP contribution is -2.26. The largest absolute Gasteiger partial charge is 0.368 e. The molecule has 0 saturated heterocycles. The van der Waals surface area contributed by atoms with Gasteiger partial charge < -0.3 is 11.1 Å². The van der Waals surface area contributed by atoms with E-state index in [1.807, 2.05) is 0 Å². The molecule has 94 valence electrons. The van der Waals surface area contributed by atoms with Crippen LogP contribution in [-0.2, 0) is 0 Å². The Morgan fingerprint density at radius 3 is 3.00 bits per heavy atom. The smallest absolute Gasteiger partial charge is 0.224 e. The predicted octanol–water partition coefficient (Wildman–Crippen LogP) is 1.54. The zero-order valence-corrected chi connectivity index (χ0v) is 10.1. The van der Waals surface area contributed by atoms with Gasteiger partial charge in [0.1, 0.15) is 5.82 Å². The molecule has 2 aliphatic carbocycles. The zero-order valence-electron chi connectivity index (χ0n) is 10.1. The number of nitrogens with one attached hydrogen (secondary N) is 2. The number of anilines is 2. The third-order valence-corrected chi connectivity index (χ3v) is 4.39. The Morgan fingerprint density at radius 2 is 2.22 bits per heavy atom. The Bertz CT molecular complexity index is 591. The van der Waals surface area contributed by atoms with Gasteiger partial charge in [-0.1, -0.05) is 6.42 Å². The van der Waals surface area contributed by atoms with Crippen LogP contribution in [0.25, 0.3) is 11.0 Å². The normalized spacial score (nSPS) is 30.1. The molecule has 6 heteroatoms. The van der Waals surface area contributed by atoms with E-state index in [4.69, 9.17) is 5.73 Å². The average Bonchev–Trinajstić information content (AvgIpc) is 3.02. The highest BCUT2D eigenvalue weighted by Gasteiger charge is 2.39. The van der Waals surface area contributed by atoms with Crippen molar-refractivity contribution in [2.24, 2.45) is 11.8 Å². The Hall–Kier alpha value is -1.85. The van der Waals surface area contributed by atoms with Gasteiger partial charge in [0.05, 0.1) is 11.6 Å². The molecule has 2 saturated carbocycles. The second-order valence-corrected chi connectivity index (χ2v) is 5.49. The van der Waals surface area contributed by atoms with Gasteiger partial charge in [-0.25, -0.2) is 0 Å². The lowest BCUT2D eigenvalue weighted by atomic mass is 9.95. The number of hydrogen-bond acceptors (Lipinski definition) is 5. The third kappa shape index (κ3) is 1.45. The summed E-state index contributed by atoms with van der Waals surface area (Å²) in [6.07, 6.45) is 7.12. The van der Waals surface area contributed by atoms with Crippen molar-refractivity contribution in [3.63, 3.8) is 0 Å². The molecule has 2 aromatic heterocycles. The summed E-state index contributed by atoms with van der Waals surface area (Å²) < 4.78 is 0. The van der Waals surface area contributed by atoms with Crippen LogP contribution in [-0.4, -0.2) is 26.2 Å². The van der Waals surface area contributed by atoms with Gasteiger partial charge >= 0.3 is 0 Å². The summed E-state index contributed by atoms with van der Waals surface area (Å²) in [7, 11) is 0. The maximum atomic E-state index is 5.72. The Balaban J connectivity index is 1.68. The zero-order chi connectivity index (χ0) is 12.1. The van der Waals surface area contributed by atoms with E-state index < -0.39 is 0 Å². The van der Waals surface area contributed by atoms with E-state index in [0.29, 0.717) is 11.7 Å². The first-order chi connectivity index (χ1) is 8.79. The molecule has 3 unspecified atom stereocenters. The summed E-state index contributed by atoms with van der Waals surface area (Å²) >= 11 is 0. The van der Waals surface area contributed by atoms with Crippen LogP contribution in [0.3, 0.4) is 0 Å². The van der Waals surface area contributed by atoms with Crippen molar-refractivity contribution in [2.75, 3.05) is 11.1 Å². The van der Waals surface area contributed by atoms with E-state index in [1.54, 1.807) is 6.20 Å². The van der Waals surface area contributed by atoms with Gasteiger partial charge in [0.2, 0.25) is 5.95 Å². The molecule has 3 atom stereocenters. The summed E-state index contributed by atoms with van der Waals surface area (Å²) in [6, 6.07) is 0.538. The van der Waals surface area contributed by atoms with Gasteiger partial charge in [0.25, 0.3) is 0 Å². The number of nitrogens with two attached hydrogens (primary N) is 1. The number of rotatable bonds is 2. The van der Waals surface area contributed by atoms with E-state index in [-0.39, 0.29) is 5.95 Å². The molecule has 4 N–H and O–H groups in total. The van der Waals surface area contributed by atoms with Crippen molar-refractivity contribution in [3.05, 3.63) is 6.20 Å². The molecular weight excluding hydrogens is 228 g/mol. The molecule has 0 aromatic carbocycles. The second-order valence-electron chi connectivity index (χ2n) is 5.49. The average molecular weight is 244 g/mol. The number of aromatic nitrogens is 4. The summed E-state index contributed by atoms with van der Waals surface area (Å²) in [5.41, 5.74) is 6.43. The molecule has 0 radical (unpaired) electrons. The topological polar surface area (TPSA) is 92.5 Å².